The number of halogens is 1. The van der Waals surface area contributed by atoms with Gasteiger partial charge in [0.2, 0.25) is 0 Å². The van der Waals surface area contributed by atoms with Crippen molar-refractivity contribution in [2.24, 2.45) is 4.99 Å². The van der Waals surface area contributed by atoms with Crippen molar-refractivity contribution >= 4 is 40.6 Å². The standard InChI is InChI=1S/C31H22ClN3O3S/c1-19-27(29(36)34-23-13-6-3-7-14-23)28(20-9-4-2-5-10-20)35-30(37)26(39-31(35)33-19)18-24-15-16-25(38-24)21-11-8-12-22(32)17-21/h2-18,28H,1H3,(H,34,36)/t28-/m1/s1. The third-order valence-corrected chi connectivity index (χ3v) is 7.64. The highest BCUT2D eigenvalue weighted by Gasteiger charge is 2.32. The molecule has 0 bridgehead atoms. The smallest absolute Gasteiger partial charge is 0.271 e. The van der Waals surface area contributed by atoms with E-state index in [1.807, 2.05) is 91.0 Å². The number of nitrogens with zero attached hydrogens (tertiary/aromatic N) is 2. The van der Waals surface area contributed by atoms with Gasteiger partial charge < -0.3 is 9.73 Å². The van der Waals surface area contributed by atoms with E-state index in [0.29, 0.717) is 42.8 Å². The first-order chi connectivity index (χ1) is 19.0. The number of para-hydroxylation sites is 1. The Morgan fingerprint density at radius 3 is 2.49 bits per heavy atom. The van der Waals surface area contributed by atoms with E-state index in [4.69, 9.17) is 16.0 Å². The van der Waals surface area contributed by atoms with Gasteiger partial charge in [-0.3, -0.25) is 14.2 Å². The lowest BCUT2D eigenvalue weighted by Crippen LogP contribution is -2.40. The number of furan rings is 1. The first-order valence-corrected chi connectivity index (χ1v) is 13.5. The summed E-state index contributed by atoms with van der Waals surface area (Å²) in [4.78, 5) is 32.6. The molecule has 1 aliphatic heterocycles. The number of thiazole rings is 1. The van der Waals surface area contributed by atoms with Crippen molar-refractivity contribution in [1.29, 1.82) is 0 Å². The summed E-state index contributed by atoms with van der Waals surface area (Å²) in [5.41, 5.74) is 3.07. The van der Waals surface area contributed by atoms with Crippen molar-refractivity contribution in [3.63, 3.8) is 0 Å². The van der Waals surface area contributed by atoms with Crippen LogP contribution in [0.15, 0.2) is 123 Å². The molecule has 6 nitrogen and oxygen atoms in total. The van der Waals surface area contributed by atoms with Gasteiger partial charge >= 0.3 is 0 Å². The molecule has 0 unspecified atom stereocenters. The zero-order chi connectivity index (χ0) is 26.9. The zero-order valence-corrected chi connectivity index (χ0v) is 22.4. The highest BCUT2D eigenvalue weighted by atomic mass is 35.5. The molecule has 0 fully saturated rings. The highest BCUT2D eigenvalue weighted by molar-refractivity contribution is 7.07. The first kappa shape index (κ1) is 24.9. The number of nitrogens with one attached hydrogen (secondary N) is 1. The third kappa shape index (κ3) is 4.90. The second-order valence-electron chi connectivity index (χ2n) is 9.03. The normalized spacial score (nSPS) is 15.1. The van der Waals surface area contributed by atoms with E-state index in [0.717, 1.165) is 11.1 Å². The van der Waals surface area contributed by atoms with Crippen molar-refractivity contribution in [3.05, 3.63) is 144 Å². The van der Waals surface area contributed by atoms with Crippen molar-refractivity contribution in [3.8, 4) is 11.3 Å². The lowest BCUT2D eigenvalue weighted by atomic mass is 9.95. The van der Waals surface area contributed by atoms with Gasteiger partial charge in [0.25, 0.3) is 11.5 Å². The van der Waals surface area contributed by atoms with Gasteiger partial charge in [0.1, 0.15) is 11.5 Å². The fraction of sp³-hybridized carbons (Fsp3) is 0.0645. The lowest BCUT2D eigenvalue weighted by Gasteiger charge is -2.25. The predicted molar refractivity (Wildman–Crippen MR) is 154 cm³/mol. The molecule has 1 amide bonds. The van der Waals surface area contributed by atoms with E-state index in [9.17, 15) is 9.59 Å². The van der Waals surface area contributed by atoms with Gasteiger partial charge in [0.05, 0.1) is 21.8 Å². The molecule has 8 heteroatoms. The van der Waals surface area contributed by atoms with Crippen LogP contribution in [0.25, 0.3) is 17.4 Å². The van der Waals surface area contributed by atoms with Gasteiger partial charge in [0, 0.05) is 22.3 Å². The van der Waals surface area contributed by atoms with Crippen LogP contribution in [0.4, 0.5) is 5.69 Å². The number of aromatic nitrogens is 1. The summed E-state index contributed by atoms with van der Waals surface area (Å²) < 4.78 is 8.07. The topological polar surface area (TPSA) is 76.6 Å². The Labute approximate surface area is 232 Å². The average Bonchev–Trinajstić information content (AvgIpc) is 3.53. The minimum atomic E-state index is -0.632. The van der Waals surface area contributed by atoms with E-state index in [-0.39, 0.29) is 11.5 Å². The number of carbonyl (C=O) groups excluding carboxylic acids is 1. The van der Waals surface area contributed by atoms with Crippen LogP contribution in [0.1, 0.15) is 24.3 Å². The van der Waals surface area contributed by atoms with Gasteiger partial charge in [-0.15, -0.1) is 0 Å². The summed E-state index contributed by atoms with van der Waals surface area (Å²) in [5.74, 6) is 0.876. The Balaban J connectivity index is 1.44. The second-order valence-corrected chi connectivity index (χ2v) is 10.5. The number of amides is 1. The number of hydrogen-bond donors (Lipinski definition) is 1. The second kappa shape index (κ2) is 10.4. The monoisotopic (exact) mass is 551 g/mol. The van der Waals surface area contributed by atoms with Gasteiger partial charge in [0.15, 0.2) is 4.80 Å². The quantitative estimate of drug-likeness (QED) is 0.300. The number of benzene rings is 3. The number of anilines is 1. The van der Waals surface area contributed by atoms with Crippen LogP contribution in [0.5, 0.6) is 0 Å². The van der Waals surface area contributed by atoms with Crippen LogP contribution in [0.3, 0.4) is 0 Å². The molecule has 3 heterocycles. The van der Waals surface area contributed by atoms with Gasteiger partial charge in [-0.25, -0.2) is 4.99 Å². The third-order valence-electron chi connectivity index (χ3n) is 6.42. The molecule has 39 heavy (non-hydrogen) atoms. The van der Waals surface area contributed by atoms with Crippen molar-refractivity contribution in [2.75, 3.05) is 5.32 Å². The van der Waals surface area contributed by atoms with Gasteiger partial charge in [-0.05, 0) is 48.9 Å². The lowest BCUT2D eigenvalue weighted by molar-refractivity contribution is -0.113. The van der Waals surface area contributed by atoms with E-state index in [1.165, 1.54) is 11.3 Å². The average molecular weight is 552 g/mol. The summed E-state index contributed by atoms with van der Waals surface area (Å²) in [6.45, 7) is 1.80. The molecule has 192 valence electrons. The van der Waals surface area contributed by atoms with E-state index >= 15 is 0 Å². The Morgan fingerprint density at radius 1 is 1.00 bits per heavy atom. The summed E-state index contributed by atoms with van der Waals surface area (Å²) in [7, 11) is 0. The number of fused-ring (bicyclic) bond motifs is 1. The van der Waals surface area contributed by atoms with Crippen LogP contribution >= 0.6 is 22.9 Å². The van der Waals surface area contributed by atoms with Crippen molar-refractivity contribution in [2.45, 2.75) is 13.0 Å². The van der Waals surface area contributed by atoms with Crippen molar-refractivity contribution < 1.29 is 9.21 Å². The number of hydrogen-bond acceptors (Lipinski definition) is 5. The molecule has 0 saturated heterocycles. The minimum Gasteiger partial charge on any atom is -0.457 e. The summed E-state index contributed by atoms with van der Waals surface area (Å²) in [6, 6.07) is 29.2. The SMILES string of the molecule is CC1=C(C(=O)Nc2ccccc2)[C@@H](c2ccccc2)n2c(sc(=Cc3ccc(-c4cccc(Cl)c4)o3)c2=O)=N1. The maximum atomic E-state index is 13.8. The fourth-order valence-corrected chi connectivity index (χ4v) is 5.86. The number of rotatable bonds is 5. The molecule has 2 aromatic heterocycles. The van der Waals surface area contributed by atoms with Crippen LogP contribution < -0.4 is 20.2 Å². The van der Waals surface area contributed by atoms with E-state index in [1.54, 1.807) is 23.6 Å². The molecule has 1 atom stereocenters. The van der Waals surface area contributed by atoms with Gasteiger partial charge in [-0.1, -0.05) is 83.6 Å². The molecular formula is C31H22ClN3O3S. The van der Waals surface area contributed by atoms with Gasteiger partial charge in [-0.2, -0.15) is 0 Å². The Bertz CT molecular complexity index is 1900. The molecular weight excluding hydrogens is 530 g/mol. The van der Waals surface area contributed by atoms with E-state index in [2.05, 4.69) is 10.3 Å². The first-order valence-electron chi connectivity index (χ1n) is 12.3. The number of carbonyl (C=O) groups is 1. The molecule has 0 saturated carbocycles. The fourth-order valence-electron chi connectivity index (χ4n) is 4.64. The molecule has 3 aromatic carbocycles. The maximum absolute atomic E-state index is 13.8. The molecule has 5 aromatic rings. The van der Waals surface area contributed by atoms with Crippen LogP contribution in [-0.2, 0) is 4.79 Å². The van der Waals surface area contributed by atoms with E-state index < -0.39 is 6.04 Å². The molecule has 6 rings (SSSR count). The Kier molecular flexibility index (Phi) is 6.60. The Morgan fingerprint density at radius 2 is 1.74 bits per heavy atom. The molecule has 0 radical (unpaired) electrons. The summed E-state index contributed by atoms with van der Waals surface area (Å²) in [5, 5.41) is 3.57. The molecule has 0 aliphatic carbocycles. The predicted octanol–water partition coefficient (Wildman–Crippen LogP) is 5.79. The van der Waals surface area contributed by atoms with Crippen molar-refractivity contribution in [1.82, 2.24) is 4.57 Å². The molecule has 1 N–H and O–H groups in total. The van der Waals surface area contributed by atoms with Crippen LogP contribution in [0, 0.1) is 0 Å². The molecule has 0 spiro atoms. The van der Waals surface area contributed by atoms with Crippen LogP contribution in [-0.4, -0.2) is 10.5 Å². The van der Waals surface area contributed by atoms with Crippen LogP contribution in [0.2, 0.25) is 5.02 Å². The summed E-state index contributed by atoms with van der Waals surface area (Å²) >= 11 is 7.40. The maximum Gasteiger partial charge on any atom is 0.271 e. The minimum absolute atomic E-state index is 0.245. The Hall–Kier alpha value is -4.46. The summed E-state index contributed by atoms with van der Waals surface area (Å²) in [6.07, 6.45) is 1.71. The molecule has 1 aliphatic rings. The highest BCUT2D eigenvalue weighted by Crippen LogP contribution is 2.31. The number of allylic oxidation sites excluding steroid dienone is 1. The zero-order valence-electron chi connectivity index (χ0n) is 20.8. The largest absolute Gasteiger partial charge is 0.457 e.